The van der Waals surface area contributed by atoms with Gasteiger partial charge in [0, 0.05) is 18.6 Å². The molecule has 0 saturated carbocycles. The van der Waals surface area contributed by atoms with Gasteiger partial charge in [-0.25, -0.2) is 0 Å². The normalized spacial score (nSPS) is 21.1. The molecule has 1 aliphatic heterocycles. The standard InChI is InChI=1S/C17H28N2O/c1-4-10-18-17(13-19-11-6-7-14(19)2)15-8-5-9-16(12-15)20-3/h5,8-9,12,14,17-18H,4,6-7,10-11,13H2,1-3H3. The minimum atomic E-state index is 0.394. The minimum Gasteiger partial charge on any atom is -0.497 e. The molecule has 20 heavy (non-hydrogen) atoms. The molecule has 1 fully saturated rings. The Balaban J connectivity index is 2.08. The van der Waals surface area contributed by atoms with Gasteiger partial charge in [0.2, 0.25) is 0 Å². The SMILES string of the molecule is CCCNC(CN1CCCC1C)c1cccc(OC)c1. The Morgan fingerprint density at radius 2 is 2.30 bits per heavy atom. The van der Waals surface area contributed by atoms with Crippen LogP contribution in [-0.2, 0) is 0 Å². The molecule has 1 saturated heterocycles. The van der Waals surface area contributed by atoms with Crippen LogP contribution in [0.2, 0.25) is 0 Å². The quantitative estimate of drug-likeness (QED) is 0.827. The molecular formula is C17H28N2O. The summed E-state index contributed by atoms with van der Waals surface area (Å²) in [6.07, 6.45) is 3.83. The zero-order valence-corrected chi connectivity index (χ0v) is 13.1. The number of ether oxygens (including phenoxy) is 1. The second kappa shape index (κ2) is 7.65. The van der Waals surface area contributed by atoms with Crippen molar-refractivity contribution in [2.24, 2.45) is 0 Å². The number of nitrogens with zero attached hydrogens (tertiary/aromatic N) is 1. The van der Waals surface area contributed by atoms with Gasteiger partial charge in [0.15, 0.2) is 0 Å². The number of rotatable bonds is 7. The summed E-state index contributed by atoms with van der Waals surface area (Å²) in [5, 5.41) is 3.69. The van der Waals surface area contributed by atoms with Crippen molar-refractivity contribution in [3.8, 4) is 5.75 Å². The van der Waals surface area contributed by atoms with Crippen molar-refractivity contribution < 1.29 is 4.74 Å². The van der Waals surface area contributed by atoms with E-state index in [-0.39, 0.29) is 0 Å². The Hall–Kier alpha value is -1.06. The van der Waals surface area contributed by atoms with E-state index in [9.17, 15) is 0 Å². The monoisotopic (exact) mass is 276 g/mol. The van der Waals surface area contributed by atoms with Gasteiger partial charge in [-0.15, -0.1) is 0 Å². The van der Waals surface area contributed by atoms with Crippen LogP contribution in [0, 0.1) is 0 Å². The van der Waals surface area contributed by atoms with E-state index in [0.717, 1.165) is 25.3 Å². The number of hydrogen-bond donors (Lipinski definition) is 1. The smallest absolute Gasteiger partial charge is 0.119 e. The second-order valence-corrected chi connectivity index (χ2v) is 5.77. The summed E-state index contributed by atoms with van der Waals surface area (Å²) >= 11 is 0. The topological polar surface area (TPSA) is 24.5 Å². The molecule has 3 nitrogen and oxygen atoms in total. The lowest BCUT2D eigenvalue weighted by molar-refractivity contribution is 0.237. The van der Waals surface area contributed by atoms with E-state index >= 15 is 0 Å². The average molecular weight is 276 g/mol. The van der Waals surface area contributed by atoms with Crippen LogP contribution in [0.25, 0.3) is 0 Å². The molecule has 1 aromatic carbocycles. The predicted molar refractivity (Wildman–Crippen MR) is 84.3 cm³/mol. The average Bonchev–Trinajstić information content (AvgIpc) is 2.88. The van der Waals surface area contributed by atoms with Crippen LogP contribution in [0.5, 0.6) is 5.75 Å². The highest BCUT2D eigenvalue weighted by atomic mass is 16.5. The first-order valence-electron chi connectivity index (χ1n) is 7.86. The Morgan fingerprint density at radius 3 is 2.95 bits per heavy atom. The van der Waals surface area contributed by atoms with Gasteiger partial charge >= 0.3 is 0 Å². The van der Waals surface area contributed by atoms with Gasteiger partial charge in [0.05, 0.1) is 7.11 Å². The highest BCUT2D eigenvalue weighted by Crippen LogP contribution is 2.24. The molecule has 2 atom stereocenters. The highest BCUT2D eigenvalue weighted by molar-refractivity contribution is 5.30. The predicted octanol–water partition coefficient (Wildman–Crippen LogP) is 3.22. The molecule has 112 valence electrons. The highest BCUT2D eigenvalue weighted by Gasteiger charge is 2.24. The molecule has 0 aliphatic carbocycles. The first-order chi connectivity index (χ1) is 9.74. The molecule has 1 N–H and O–H groups in total. The lowest BCUT2D eigenvalue weighted by Gasteiger charge is -2.28. The summed E-state index contributed by atoms with van der Waals surface area (Å²) < 4.78 is 5.36. The van der Waals surface area contributed by atoms with Crippen molar-refractivity contribution in [2.45, 2.75) is 45.2 Å². The number of nitrogens with one attached hydrogen (secondary N) is 1. The van der Waals surface area contributed by atoms with Gasteiger partial charge in [-0.1, -0.05) is 19.1 Å². The van der Waals surface area contributed by atoms with Crippen molar-refractivity contribution in [2.75, 3.05) is 26.7 Å². The molecule has 1 heterocycles. The Bertz CT molecular complexity index is 408. The van der Waals surface area contributed by atoms with E-state index in [0.29, 0.717) is 12.1 Å². The maximum atomic E-state index is 5.36. The Kier molecular flexibility index (Phi) is 5.86. The third-order valence-electron chi connectivity index (χ3n) is 4.24. The fraction of sp³-hybridized carbons (Fsp3) is 0.647. The van der Waals surface area contributed by atoms with Crippen molar-refractivity contribution >= 4 is 0 Å². The molecule has 0 bridgehead atoms. The van der Waals surface area contributed by atoms with E-state index in [4.69, 9.17) is 4.74 Å². The lowest BCUT2D eigenvalue weighted by Crippen LogP contribution is -2.37. The maximum Gasteiger partial charge on any atom is 0.119 e. The number of methoxy groups -OCH3 is 1. The first-order valence-corrected chi connectivity index (χ1v) is 7.86. The summed E-state index contributed by atoms with van der Waals surface area (Å²) in [5.41, 5.74) is 1.33. The number of likely N-dealkylation sites (tertiary alicyclic amines) is 1. The van der Waals surface area contributed by atoms with Gasteiger partial charge in [0.25, 0.3) is 0 Å². The fourth-order valence-corrected chi connectivity index (χ4v) is 2.96. The van der Waals surface area contributed by atoms with E-state index < -0.39 is 0 Å². The largest absolute Gasteiger partial charge is 0.497 e. The molecule has 1 aromatic rings. The van der Waals surface area contributed by atoms with Crippen molar-refractivity contribution in [1.29, 1.82) is 0 Å². The molecule has 2 rings (SSSR count). The molecule has 2 unspecified atom stereocenters. The maximum absolute atomic E-state index is 5.36. The van der Waals surface area contributed by atoms with Crippen LogP contribution in [0.3, 0.4) is 0 Å². The molecule has 0 aromatic heterocycles. The summed E-state index contributed by atoms with van der Waals surface area (Å²) in [4.78, 5) is 2.60. The zero-order valence-electron chi connectivity index (χ0n) is 13.1. The fourth-order valence-electron chi connectivity index (χ4n) is 2.96. The third-order valence-corrected chi connectivity index (χ3v) is 4.24. The van der Waals surface area contributed by atoms with Gasteiger partial charge < -0.3 is 10.1 Å². The summed E-state index contributed by atoms with van der Waals surface area (Å²) in [6.45, 7) is 7.94. The van der Waals surface area contributed by atoms with E-state index in [1.165, 1.54) is 24.9 Å². The van der Waals surface area contributed by atoms with Crippen LogP contribution in [-0.4, -0.2) is 37.7 Å². The van der Waals surface area contributed by atoms with E-state index in [1.54, 1.807) is 7.11 Å². The minimum absolute atomic E-state index is 0.394. The van der Waals surface area contributed by atoms with E-state index in [2.05, 4.69) is 42.3 Å². The first kappa shape index (κ1) is 15.3. The Morgan fingerprint density at radius 1 is 1.45 bits per heavy atom. The molecule has 0 spiro atoms. The van der Waals surface area contributed by atoms with Crippen LogP contribution in [0.15, 0.2) is 24.3 Å². The van der Waals surface area contributed by atoms with Crippen molar-refractivity contribution in [3.63, 3.8) is 0 Å². The van der Waals surface area contributed by atoms with Crippen molar-refractivity contribution in [1.82, 2.24) is 10.2 Å². The second-order valence-electron chi connectivity index (χ2n) is 5.77. The molecule has 1 aliphatic rings. The summed E-state index contributed by atoms with van der Waals surface area (Å²) in [7, 11) is 1.73. The third kappa shape index (κ3) is 3.97. The Labute approximate surface area is 123 Å². The van der Waals surface area contributed by atoms with Crippen molar-refractivity contribution in [3.05, 3.63) is 29.8 Å². The van der Waals surface area contributed by atoms with Gasteiger partial charge in [-0.2, -0.15) is 0 Å². The van der Waals surface area contributed by atoms with Crippen LogP contribution < -0.4 is 10.1 Å². The van der Waals surface area contributed by atoms with Gasteiger partial charge in [0.1, 0.15) is 5.75 Å². The lowest BCUT2D eigenvalue weighted by atomic mass is 10.1. The summed E-state index contributed by atoms with van der Waals surface area (Å²) in [6, 6.07) is 9.57. The zero-order chi connectivity index (χ0) is 14.4. The van der Waals surface area contributed by atoms with Crippen LogP contribution >= 0.6 is 0 Å². The van der Waals surface area contributed by atoms with Gasteiger partial charge in [-0.3, -0.25) is 4.90 Å². The van der Waals surface area contributed by atoms with E-state index in [1.807, 2.05) is 6.07 Å². The molecule has 3 heteroatoms. The van der Waals surface area contributed by atoms with Crippen LogP contribution in [0.1, 0.15) is 44.7 Å². The van der Waals surface area contributed by atoms with Crippen LogP contribution in [0.4, 0.5) is 0 Å². The summed E-state index contributed by atoms with van der Waals surface area (Å²) in [5.74, 6) is 0.945. The molecular weight excluding hydrogens is 248 g/mol. The number of hydrogen-bond acceptors (Lipinski definition) is 3. The number of benzene rings is 1. The van der Waals surface area contributed by atoms with Gasteiger partial charge in [-0.05, 0) is 57.0 Å². The molecule has 0 amide bonds. The molecule has 0 radical (unpaired) electrons.